The van der Waals surface area contributed by atoms with Crippen molar-refractivity contribution in [3.05, 3.63) is 48.0 Å². The van der Waals surface area contributed by atoms with Gasteiger partial charge in [-0.05, 0) is 50.1 Å². The number of nitrogens with zero attached hydrogens (tertiary/aromatic N) is 2. The van der Waals surface area contributed by atoms with Crippen LogP contribution in [-0.4, -0.2) is 37.0 Å². The summed E-state index contributed by atoms with van der Waals surface area (Å²) in [6, 6.07) is 11.9. The number of aromatic nitrogens is 2. The van der Waals surface area contributed by atoms with Crippen molar-refractivity contribution in [2.24, 2.45) is 0 Å². The van der Waals surface area contributed by atoms with Crippen molar-refractivity contribution in [2.45, 2.75) is 37.2 Å². The Morgan fingerprint density at radius 2 is 2.00 bits per heavy atom. The van der Waals surface area contributed by atoms with Crippen molar-refractivity contribution in [2.75, 3.05) is 12.4 Å². The van der Waals surface area contributed by atoms with E-state index in [4.69, 9.17) is 4.74 Å². The molecule has 3 aromatic rings. The summed E-state index contributed by atoms with van der Waals surface area (Å²) in [6.07, 6.45) is 1.63. The fourth-order valence-electron chi connectivity index (χ4n) is 3.18. The summed E-state index contributed by atoms with van der Waals surface area (Å²) in [7, 11) is -2.38. The minimum atomic E-state index is -3.78. The molecule has 152 valence electrons. The van der Waals surface area contributed by atoms with E-state index in [0.717, 1.165) is 23.9 Å². The van der Waals surface area contributed by atoms with Crippen molar-refractivity contribution in [1.29, 1.82) is 0 Å². The van der Waals surface area contributed by atoms with E-state index < -0.39 is 15.9 Å². The number of imidazole rings is 1. The van der Waals surface area contributed by atoms with Crippen LogP contribution in [0.4, 0.5) is 5.95 Å². The summed E-state index contributed by atoms with van der Waals surface area (Å²) in [5.74, 6) is 0.158. The number of aryl methyl sites for hydroxylation is 1. The Morgan fingerprint density at radius 1 is 1.24 bits per heavy atom. The number of carbonyl (C=O) groups is 1. The monoisotopic (exact) mass is 414 g/mol. The first-order valence-electron chi connectivity index (χ1n) is 9.40. The highest BCUT2D eigenvalue weighted by molar-refractivity contribution is 7.89. The molecule has 0 saturated heterocycles. The van der Waals surface area contributed by atoms with E-state index in [0.29, 0.717) is 12.5 Å². The molecule has 8 nitrogen and oxygen atoms in total. The Morgan fingerprint density at radius 3 is 2.69 bits per heavy atom. The van der Waals surface area contributed by atoms with Gasteiger partial charge in [0.1, 0.15) is 10.6 Å². The molecule has 1 amide bonds. The van der Waals surface area contributed by atoms with Gasteiger partial charge in [0.2, 0.25) is 16.0 Å². The van der Waals surface area contributed by atoms with Crippen LogP contribution in [0.25, 0.3) is 11.0 Å². The maximum Gasteiger partial charge on any atom is 0.258 e. The molecule has 1 aliphatic rings. The fourth-order valence-corrected chi connectivity index (χ4v) is 4.68. The molecule has 1 heterocycles. The maximum atomic E-state index is 12.9. The SMILES string of the molecule is CCn1c(NC(=O)c2ccc(OC)c(S(=O)(=O)NC3CC3)c2)nc2ccccc21. The summed E-state index contributed by atoms with van der Waals surface area (Å²) in [6.45, 7) is 2.59. The highest BCUT2D eigenvalue weighted by Crippen LogP contribution is 2.29. The van der Waals surface area contributed by atoms with Gasteiger partial charge in [-0.2, -0.15) is 0 Å². The van der Waals surface area contributed by atoms with E-state index in [9.17, 15) is 13.2 Å². The van der Waals surface area contributed by atoms with Gasteiger partial charge in [0.15, 0.2) is 0 Å². The first kappa shape index (κ1) is 19.4. The number of sulfonamides is 1. The third-order valence-electron chi connectivity index (χ3n) is 4.81. The second kappa shape index (κ2) is 7.49. The van der Waals surface area contributed by atoms with Gasteiger partial charge in [0.25, 0.3) is 5.91 Å². The number of nitrogens with one attached hydrogen (secondary N) is 2. The molecule has 0 bridgehead atoms. The lowest BCUT2D eigenvalue weighted by molar-refractivity contribution is 0.102. The summed E-state index contributed by atoms with van der Waals surface area (Å²) < 4.78 is 35.1. The largest absolute Gasteiger partial charge is 0.495 e. The molecule has 1 fully saturated rings. The van der Waals surface area contributed by atoms with Crippen molar-refractivity contribution in [3.63, 3.8) is 0 Å². The standard InChI is InChI=1S/C20H22N4O4S/c1-3-24-16-7-5-4-6-15(16)21-20(24)22-19(25)13-8-11-17(28-2)18(12-13)29(26,27)23-14-9-10-14/h4-8,11-12,14,23H,3,9-10H2,1-2H3,(H,21,22,25). The third kappa shape index (κ3) is 3.83. The number of ether oxygens (including phenoxy) is 1. The molecule has 4 rings (SSSR count). The molecule has 2 N–H and O–H groups in total. The minimum Gasteiger partial charge on any atom is -0.495 e. The van der Waals surface area contributed by atoms with Gasteiger partial charge in [0, 0.05) is 18.2 Å². The normalized spacial score (nSPS) is 14.1. The Kier molecular flexibility index (Phi) is 5.01. The van der Waals surface area contributed by atoms with E-state index in [2.05, 4.69) is 15.0 Å². The molecule has 1 aromatic heterocycles. The van der Waals surface area contributed by atoms with Crippen LogP contribution in [-0.2, 0) is 16.6 Å². The molecule has 0 spiro atoms. The first-order valence-corrected chi connectivity index (χ1v) is 10.9. The number of rotatable bonds is 7. The average Bonchev–Trinajstić information content (AvgIpc) is 3.45. The summed E-state index contributed by atoms with van der Waals surface area (Å²) in [5.41, 5.74) is 1.89. The van der Waals surface area contributed by atoms with E-state index in [1.165, 1.54) is 25.3 Å². The van der Waals surface area contributed by atoms with Crippen molar-refractivity contribution < 1.29 is 17.9 Å². The Bertz CT molecular complexity index is 1180. The molecule has 0 aliphatic heterocycles. The van der Waals surface area contributed by atoms with Gasteiger partial charge in [-0.25, -0.2) is 18.1 Å². The lowest BCUT2D eigenvalue weighted by atomic mass is 10.2. The van der Waals surface area contributed by atoms with Crippen LogP contribution >= 0.6 is 0 Å². The van der Waals surface area contributed by atoms with Crippen LogP contribution in [0.15, 0.2) is 47.4 Å². The second-order valence-electron chi connectivity index (χ2n) is 6.88. The van der Waals surface area contributed by atoms with E-state index in [1.807, 2.05) is 35.8 Å². The number of amides is 1. The second-order valence-corrected chi connectivity index (χ2v) is 8.57. The summed E-state index contributed by atoms with van der Waals surface area (Å²) >= 11 is 0. The number of hydrogen-bond donors (Lipinski definition) is 2. The van der Waals surface area contributed by atoms with Gasteiger partial charge in [-0.1, -0.05) is 12.1 Å². The van der Waals surface area contributed by atoms with Crippen molar-refractivity contribution >= 4 is 32.9 Å². The van der Waals surface area contributed by atoms with E-state index in [-0.39, 0.29) is 22.3 Å². The Labute approximate surface area is 168 Å². The highest BCUT2D eigenvalue weighted by atomic mass is 32.2. The zero-order valence-electron chi connectivity index (χ0n) is 16.2. The van der Waals surface area contributed by atoms with Gasteiger partial charge >= 0.3 is 0 Å². The zero-order valence-corrected chi connectivity index (χ0v) is 17.0. The molecule has 0 radical (unpaired) electrons. The number of para-hydroxylation sites is 2. The average molecular weight is 414 g/mol. The fraction of sp³-hybridized carbons (Fsp3) is 0.300. The number of methoxy groups -OCH3 is 1. The molecule has 0 atom stereocenters. The van der Waals surface area contributed by atoms with Crippen LogP contribution in [0.2, 0.25) is 0 Å². The predicted molar refractivity (Wildman–Crippen MR) is 110 cm³/mol. The third-order valence-corrected chi connectivity index (χ3v) is 6.35. The van der Waals surface area contributed by atoms with Crippen LogP contribution < -0.4 is 14.8 Å². The van der Waals surface area contributed by atoms with E-state index in [1.54, 1.807) is 0 Å². The smallest absolute Gasteiger partial charge is 0.258 e. The number of carbonyl (C=O) groups excluding carboxylic acids is 1. The molecular formula is C20H22N4O4S. The van der Waals surface area contributed by atoms with Crippen LogP contribution in [0.3, 0.4) is 0 Å². The maximum absolute atomic E-state index is 12.9. The molecule has 1 aliphatic carbocycles. The lowest BCUT2D eigenvalue weighted by Crippen LogP contribution is -2.26. The molecular weight excluding hydrogens is 392 g/mol. The number of hydrogen-bond acceptors (Lipinski definition) is 5. The van der Waals surface area contributed by atoms with Gasteiger partial charge in [-0.3, -0.25) is 10.1 Å². The quantitative estimate of drug-likeness (QED) is 0.619. The molecule has 0 unspecified atom stereocenters. The van der Waals surface area contributed by atoms with Crippen molar-refractivity contribution in [1.82, 2.24) is 14.3 Å². The summed E-state index contributed by atoms with van der Waals surface area (Å²) in [4.78, 5) is 17.3. The Hall–Kier alpha value is -2.91. The topological polar surface area (TPSA) is 102 Å². The molecule has 9 heteroatoms. The summed E-state index contributed by atoms with van der Waals surface area (Å²) in [5, 5.41) is 2.79. The lowest BCUT2D eigenvalue weighted by Gasteiger charge is -2.12. The first-order chi connectivity index (χ1) is 13.9. The molecule has 29 heavy (non-hydrogen) atoms. The van der Waals surface area contributed by atoms with Gasteiger partial charge in [0.05, 0.1) is 18.1 Å². The predicted octanol–water partition coefficient (Wildman–Crippen LogP) is 2.76. The van der Waals surface area contributed by atoms with E-state index >= 15 is 0 Å². The molecule has 1 saturated carbocycles. The van der Waals surface area contributed by atoms with Gasteiger partial charge in [-0.15, -0.1) is 0 Å². The number of benzene rings is 2. The number of fused-ring (bicyclic) bond motifs is 1. The van der Waals surface area contributed by atoms with Gasteiger partial charge < -0.3 is 9.30 Å². The van der Waals surface area contributed by atoms with Crippen LogP contribution in [0, 0.1) is 0 Å². The Balaban J connectivity index is 1.66. The van der Waals surface area contributed by atoms with Crippen LogP contribution in [0.5, 0.6) is 5.75 Å². The number of anilines is 1. The zero-order chi connectivity index (χ0) is 20.6. The highest BCUT2D eigenvalue weighted by Gasteiger charge is 2.30. The van der Waals surface area contributed by atoms with Crippen LogP contribution in [0.1, 0.15) is 30.1 Å². The molecule has 2 aromatic carbocycles. The minimum absolute atomic E-state index is 0.0494. The van der Waals surface area contributed by atoms with Crippen molar-refractivity contribution in [3.8, 4) is 5.75 Å².